The van der Waals surface area contributed by atoms with Gasteiger partial charge in [-0.3, -0.25) is 10.3 Å². The van der Waals surface area contributed by atoms with E-state index >= 15 is 0 Å². The van der Waals surface area contributed by atoms with Crippen LogP contribution in [0.1, 0.15) is 22.7 Å². The Kier molecular flexibility index (Phi) is 5.71. The van der Waals surface area contributed by atoms with Gasteiger partial charge in [0.2, 0.25) is 0 Å². The number of phenolic OH excluding ortho intramolecular Hbond substituents is 1. The third-order valence-corrected chi connectivity index (χ3v) is 7.53. The Morgan fingerprint density at radius 2 is 1.97 bits per heavy atom. The summed E-state index contributed by atoms with van der Waals surface area (Å²) in [5.41, 5.74) is 3.85. The standard InChI is InChI=1S/C20H15ClFN3O4S2/c21-17-6-7-18(30-17)31(28,29)24-23-20(27)25-9-8-12-4-5-14(22)11-16(12)19(25)13-2-1-3-15(26)10-13/h1-11,19,24,26H,(H,23,27). The topological polar surface area (TPSA) is 98.7 Å². The van der Waals surface area contributed by atoms with E-state index in [2.05, 4.69) is 5.43 Å². The second-order valence-corrected chi connectivity index (χ2v) is 10.2. The van der Waals surface area contributed by atoms with Gasteiger partial charge in [0.15, 0.2) is 0 Å². The second kappa shape index (κ2) is 8.31. The van der Waals surface area contributed by atoms with Crippen LogP contribution in [0.4, 0.5) is 9.18 Å². The lowest BCUT2D eigenvalue weighted by atomic mass is 9.91. The van der Waals surface area contributed by atoms with Gasteiger partial charge in [-0.2, -0.15) is 0 Å². The first-order chi connectivity index (χ1) is 14.7. The molecule has 160 valence electrons. The molecule has 31 heavy (non-hydrogen) atoms. The van der Waals surface area contributed by atoms with Crippen LogP contribution in [0.15, 0.2) is 65.0 Å². The smallest absolute Gasteiger partial charge is 0.337 e. The number of carbonyl (C=O) groups is 1. The monoisotopic (exact) mass is 479 g/mol. The molecule has 4 rings (SSSR count). The van der Waals surface area contributed by atoms with Crippen LogP contribution in [0.25, 0.3) is 6.08 Å². The molecule has 0 saturated carbocycles. The first-order valence-electron chi connectivity index (χ1n) is 8.86. The van der Waals surface area contributed by atoms with E-state index in [9.17, 15) is 22.7 Å². The van der Waals surface area contributed by atoms with E-state index in [0.717, 1.165) is 11.3 Å². The summed E-state index contributed by atoms with van der Waals surface area (Å²) < 4.78 is 39.0. The Balaban J connectivity index is 1.65. The highest BCUT2D eigenvalue weighted by Crippen LogP contribution is 2.37. The van der Waals surface area contributed by atoms with Crippen molar-refractivity contribution in [3.63, 3.8) is 0 Å². The van der Waals surface area contributed by atoms with Crippen molar-refractivity contribution < 1.29 is 22.7 Å². The molecule has 3 aromatic rings. The van der Waals surface area contributed by atoms with Gasteiger partial charge in [0, 0.05) is 6.20 Å². The van der Waals surface area contributed by atoms with Crippen LogP contribution >= 0.6 is 22.9 Å². The summed E-state index contributed by atoms with van der Waals surface area (Å²) in [4.78, 5) is 16.1. The van der Waals surface area contributed by atoms with Gasteiger partial charge in [-0.25, -0.2) is 17.6 Å². The number of urea groups is 1. The van der Waals surface area contributed by atoms with Crippen LogP contribution in [-0.4, -0.2) is 24.5 Å². The largest absolute Gasteiger partial charge is 0.508 e. The molecule has 1 unspecified atom stereocenters. The summed E-state index contributed by atoms with van der Waals surface area (Å²) in [6.45, 7) is 0. The van der Waals surface area contributed by atoms with Crippen LogP contribution in [0.2, 0.25) is 4.34 Å². The predicted molar refractivity (Wildman–Crippen MR) is 115 cm³/mol. The zero-order valence-corrected chi connectivity index (χ0v) is 18.0. The van der Waals surface area contributed by atoms with Crippen molar-refractivity contribution in [3.05, 3.63) is 87.6 Å². The third kappa shape index (κ3) is 4.42. The number of amides is 2. The van der Waals surface area contributed by atoms with Crippen molar-refractivity contribution in [2.45, 2.75) is 10.3 Å². The predicted octanol–water partition coefficient (Wildman–Crippen LogP) is 4.23. The molecular formula is C20H15ClFN3O4S2. The molecule has 0 bridgehead atoms. The van der Waals surface area contributed by atoms with Crippen LogP contribution < -0.4 is 10.3 Å². The summed E-state index contributed by atoms with van der Waals surface area (Å²) in [6.07, 6.45) is 3.07. The number of sulfonamides is 1. The minimum Gasteiger partial charge on any atom is -0.508 e. The molecule has 1 atom stereocenters. The molecule has 1 aliphatic rings. The fourth-order valence-electron chi connectivity index (χ4n) is 3.22. The highest BCUT2D eigenvalue weighted by molar-refractivity contribution is 7.91. The Bertz CT molecular complexity index is 1290. The fraction of sp³-hybridized carbons (Fsp3) is 0.0500. The average Bonchev–Trinajstić information content (AvgIpc) is 3.18. The number of carbonyl (C=O) groups excluding carboxylic acids is 1. The third-order valence-electron chi connectivity index (χ3n) is 4.56. The van der Waals surface area contributed by atoms with Gasteiger partial charge in [-0.05, 0) is 59.2 Å². The first-order valence-corrected chi connectivity index (χ1v) is 11.5. The molecule has 0 aliphatic carbocycles. The summed E-state index contributed by atoms with van der Waals surface area (Å²) in [7, 11) is -4.03. The molecule has 7 nitrogen and oxygen atoms in total. The van der Waals surface area contributed by atoms with E-state index in [1.54, 1.807) is 24.3 Å². The summed E-state index contributed by atoms with van der Waals surface area (Å²) >= 11 is 6.62. The van der Waals surface area contributed by atoms with Crippen LogP contribution in [0.5, 0.6) is 5.75 Å². The van der Waals surface area contributed by atoms with Gasteiger partial charge < -0.3 is 5.11 Å². The van der Waals surface area contributed by atoms with Gasteiger partial charge >= 0.3 is 6.03 Å². The van der Waals surface area contributed by atoms with Crippen LogP contribution in [0, 0.1) is 5.82 Å². The maximum Gasteiger partial charge on any atom is 0.337 e. The SMILES string of the molecule is O=C(NNS(=O)(=O)c1ccc(Cl)s1)N1C=Cc2ccc(F)cc2C1c1cccc(O)c1. The Labute approximate surface area is 186 Å². The number of benzene rings is 2. The lowest BCUT2D eigenvalue weighted by molar-refractivity contribution is 0.204. The van der Waals surface area contributed by atoms with Crippen molar-refractivity contribution in [3.8, 4) is 5.75 Å². The quantitative estimate of drug-likeness (QED) is 0.488. The number of rotatable bonds is 4. The molecule has 2 aromatic carbocycles. The molecular weight excluding hydrogens is 465 g/mol. The van der Waals surface area contributed by atoms with Crippen LogP contribution in [-0.2, 0) is 10.0 Å². The summed E-state index contributed by atoms with van der Waals surface area (Å²) in [5.74, 6) is -0.518. The van der Waals surface area contributed by atoms with E-state index in [1.807, 2.05) is 4.83 Å². The zero-order chi connectivity index (χ0) is 22.2. The first kappa shape index (κ1) is 21.3. The molecule has 2 amide bonds. The fourth-order valence-corrected chi connectivity index (χ4v) is 5.54. The molecule has 0 radical (unpaired) electrons. The number of nitrogens with zero attached hydrogens (tertiary/aromatic N) is 1. The lowest BCUT2D eigenvalue weighted by Crippen LogP contribution is -2.48. The van der Waals surface area contributed by atoms with Crippen molar-refractivity contribution in [1.82, 2.24) is 15.2 Å². The molecule has 1 aromatic heterocycles. The Morgan fingerprint density at radius 3 is 2.68 bits per heavy atom. The normalized spacial score (nSPS) is 15.5. The van der Waals surface area contributed by atoms with Crippen molar-refractivity contribution in [1.29, 1.82) is 0 Å². The van der Waals surface area contributed by atoms with Gasteiger partial charge in [0.25, 0.3) is 10.0 Å². The number of hydrazine groups is 1. The molecule has 3 N–H and O–H groups in total. The van der Waals surface area contributed by atoms with E-state index in [4.69, 9.17) is 11.6 Å². The molecule has 1 aliphatic heterocycles. The number of hydrogen-bond donors (Lipinski definition) is 3. The average molecular weight is 480 g/mol. The molecule has 2 heterocycles. The van der Waals surface area contributed by atoms with E-state index in [0.29, 0.717) is 16.7 Å². The molecule has 0 saturated heterocycles. The number of nitrogens with one attached hydrogen (secondary N) is 2. The number of aromatic hydroxyl groups is 1. The van der Waals surface area contributed by atoms with Crippen LogP contribution in [0.3, 0.4) is 0 Å². The number of phenols is 1. The molecule has 0 fully saturated rings. The molecule has 0 spiro atoms. The van der Waals surface area contributed by atoms with Crippen molar-refractivity contribution >= 4 is 45.1 Å². The summed E-state index contributed by atoms with van der Waals surface area (Å²) in [5, 5.41) is 9.90. The van der Waals surface area contributed by atoms with E-state index < -0.39 is 27.9 Å². The Hall–Kier alpha value is -2.92. The second-order valence-electron chi connectivity index (χ2n) is 6.59. The lowest BCUT2D eigenvalue weighted by Gasteiger charge is -2.33. The van der Waals surface area contributed by atoms with Gasteiger partial charge in [0.1, 0.15) is 15.8 Å². The van der Waals surface area contributed by atoms with Gasteiger partial charge in [0.05, 0.1) is 10.4 Å². The van der Waals surface area contributed by atoms with E-state index in [1.165, 1.54) is 47.5 Å². The maximum atomic E-state index is 14.0. The van der Waals surface area contributed by atoms with Crippen molar-refractivity contribution in [2.75, 3.05) is 0 Å². The Morgan fingerprint density at radius 1 is 1.16 bits per heavy atom. The van der Waals surface area contributed by atoms with Crippen molar-refractivity contribution in [2.24, 2.45) is 0 Å². The summed E-state index contributed by atoms with van der Waals surface area (Å²) in [6, 6.07) is 11.5. The van der Waals surface area contributed by atoms with E-state index in [-0.39, 0.29) is 14.3 Å². The molecule has 11 heteroatoms. The zero-order valence-electron chi connectivity index (χ0n) is 15.6. The maximum absolute atomic E-state index is 14.0. The highest BCUT2D eigenvalue weighted by atomic mass is 35.5. The minimum absolute atomic E-state index is 0.0272. The number of halogens is 2. The number of thiophene rings is 1. The number of hydrogen-bond acceptors (Lipinski definition) is 5. The van der Waals surface area contributed by atoms with Gasteiger partial charge in [-0.1, -0.05) is 29.8 Å². The highest BCUT2D eigenvalue weighted by Gasteiger charge is 2.31. The number of fused-ring (bicyclic) bond motifs is 1. The van der Waals surface area contributed by atoms with Gasteiger partial charge in [-0.15, -0.1) is 16.2 Å². The minimum atomic E-state index is -4.03.